The second kappa shape index (κ2) is 6.76. The van der Waals surface area contributed by atoms with Crippen LogP contribution in [0.25, 0.3) is 0 Å². The van der Waals surface area contributed by atoms with Crippen LogP contribution in [0, 0.1) is 12.3 Å². The molecule has 0 saturated heterocycles. The van der Waals surface area contributed by atoms with E-state index in [1.165, 1.54) is 9.88 Å². The lowest BCUT2D eigenvalue weighted by Crippen LogP contribution is -2.33. The van der Waals surface area contributed by atoms with Gasteiger partial charge in [-0.05, 0) is 32.6 Å². The van der Waals surface area contributed by atoms with Crippen LogP contribution >= 0.6 is 11.3 Å². The fourth-order valence-electron chi connectivity index (χ4n) is 2.52. The molecule has 0 aliphatic rings. The fourth-order valence-corrected chi connectivity index (χ4v) is 3.68. The van der Waals surface area contributed by atoms with Gasteiger partial charge in [0.15, 0.2) is 0 Å². The Bertz CT molecular complexity index is 458. The maximum Gasteiger partial charge on any atom is 0.0985 e. The zero-order valence-corrected chi connectivity index (χ0v) is 15.7. The summed E-state index contributed by atoms with van der Waals surface area (Å²) in [5.74, 6) is 0. The van der Waals surface area contributed by atoms with Crippen molar-refractivity contribution in [2.24, 2.45) is 5.41 Å². The summed E-state index contributed by atoms with van der Waals surface area (Å²) in [7, 11) is 0. The minimum absolute atomic E-state index is 0.0911. The molecular formula is C17H32N2OS. The molecule has 0 saturated carbocycles. The van der Waals surface area contributed by atoms with Crippen molar-refractivity contribution in [3.8, 4) is 0 Å². The molecule has 0 aliphatic heterocycles. The van der Waals surface area contributed by atoms with Crippen LogP contribution in [-0.2, 0) is 5.41 Å². The average Bonchev–Trinajstić information content (AvgIpc) is 2.66. The molecule has 1 rings (SSSR count). The van der Waals surface area contributed by atoms with Gasteiger partial charge in [-0.2, -0.15) is 0 Å². The smallest absolute Gasteiger partial charge is 0.0985 e. The predicted molar refractivity (Wildman–Crippen MR) is 92.0 cm³/mol. The number of nitrogens with one attached hydrogen (secondary N) is 1. The number of aliphatic hydroxyl groups excluding tert-OH is 1. The molecule has 0 radical (unpaired) electrons. The van der Waals surface area contributed by atoms with Crippen LogP contribution in [0.5, 0.6) is 0 Å². The third kappa shape index (κ3) is 5.68. The maximum absolute atomic E-state index is 9.57. The molecule has 3 nitrogen and oxygen atoms in total. The van der Waals surface area contributed by atoms with Crippen LogP contribution in [0.3, 0.4) is 0 Å². The van der Waals surface area contributed by atoms with Crippen LogP contribution in [0.4, 0.5) is 0 Å². The van der Waals surface area contributed by atoms with Gasteiger partial charge in [0, 0.05) is 22.9 Å². The standard InChI is InChI=1S/C17H32N2OS/c1-11(20)9-17(7,8)10-18-12(2)14-13(3)19-15(21-14)16(4,5)6/h11-12,18,20H,9-10H2,1-8H3. The summed E-state index contributed by atoms with van der Waals surface area (Å²) >= 11 is 1.82. The van der Waals surface area contributed by atoms with E-state index in [-0.39, 0.29) is 16.9 Å². The third-order valence-electron chi connectivity index (χ3n) is 3.60. The zero-order valence-electron chi connectivity index (χ0n) is 14.9. The second-order valence-corrected chi connectivity index (χ2v) is 9.07. The molecule has 4 heteroatoms. The predicted octanol–water partition coefficient (Wildman–Crippen LogP) is 4.20. The molecule has 2 unspecified atom stereocenters. The summed E-state index contributed by atoms with van der Waals surface area (Å²) in [6.07, 6.45) is 0.552. The number of thiazole rings is 1. The van der Waals surface area contributed by atoms with Gasteiger partial charge >= 0.3 is 0 Å². The first-order valence-corrected chi connectivity index (χ1v) is 8.63. The monoisotopic (exact) mass is 312 g/mol. The van der Waals surface area contributed by atoms with Gasteiger partial charge in [-0.3, -0.25) is 0 Å². The molecule has 0 fully saturated rings. The van der Waals surface area contributed by atoms with E-state index >= 15 is 0 Å². The first-order chi connectivity index (χ1) is 9.42. The third-order valence-corrected chi connectivity index (χ3v) is 5.37. The highest BCUT2D eigenvalue weighted by Gasteiger charge is 2.24. The molecule has 1 aromatic heterocycles. The Morgan fingerprint density at radius 1 is 1.19 bits per heavy atom. The first kappa shape index (κ1) is 18.6. The van der Waals surface area contributed by atoms with Crippen molar-refractivity contribution >= 4 is 11.3 Å². The summed E-state index contributed by atoms with van der Waals surface area (Å²) in [6, 6.07) is 0.298. The highest BCUT2D eigenvalue weighted by atomic mass is 32.1. The van der Waals surface area contributed by atoms with Crippen molar-refractivity contribution in [3.63, 3.8) is 0 Å². The molecule has 122 valence electrons. The summed E-state index contributed by atoms with van der Waals surface area (Å²) in [6.45, 7) is 18.1. The van der Waals surface area contributed by atoms with Crippen LogP contribution in [0.1, 0.15) is 76.5 Å². The van der Waals surface area contributed by atoms with E-state index in [0.29, 0.717) is 6.04 Å². The number of aliphatic hydroxyl groups is 1. The second-order valence-electron chi connectivity index (χ2n) is 8.04. The molecule has 2 atom stereocenters. The summed E-state index contributed by atoms with van der Waals surface area (Å²) in [5.41, 5.74) is 1.34. The van der Waals surface area contributed by atoms with Crippen LogP contribution in [-0.4, -0.2) is 22.7 Å². The highest BCUT2D eigenvalue weighted by molar-refractivity contribution is 7.12. The average molecular weight is 313 g/mol. The Labute approximate surface area is 134 Å². The van der Waals surface area contributed by atoms with Crippen molar-refractivity contribution < 1.29 is 5.11 Å². The van der Waals surface area contributed by atoms with Gasteiger partial charge < -0.3 is 10.4 Å². The summed E-state index contributed by atoms with van der Waals surface area (Å²) < 4.78 is 0. The molecule has 0 spiro atoms. The number of nitrogens with zero attached hydrogens (tertiary/aromatic N) is 1. The van der Waals surface area contributed by atoms with Crippen LogP contribution in [0.2, 0.25) is 0 Å². The number of aryl methyl sites for hydroxylation is 1. The zero-order chi connectivity index (χ0) is 16.4. The lowest BCUT2D eigenvalue weighted by molar-refractivity contribution is 0.127. The summed E-state index contributed by atoms with van der Waals surface area (Å²) in [5, 5.41) is 14.4. The van der Waals surface area contributed by atoms with Crippen molar-refractivity contribution in [3.05, 3.63) is 15.6 Å². The Balaban J connectivity index is 2.72. The number of rotatable bonds is 6. The highest BCUT2D eigenvalue weighted by Crippen LogP contribution is 2.33. The molecule has 1 aromatic rings. The Morgan fingerprint density at radius 2 is 1.76 bits per heavy atom. The van der Waals surface area contributed by atoms with E-state index in [9.17, 15) is 5.11 Å². The van der Waals surface area contributed by atoms with Gasteiger partial charge in [-0.1, -0.05) is 34.6 Å². The van der Waals surface area contributed by atoms with Gasteiger partial charge in [0.25, 0.3) is 0 Å². The normalized spacial score (nSPS) is 16.0. The fraction of sp³-hybridized carbons (Fsp3) is 0.824. The van der Waals surface area contributed by atoms with Gasteiger partial charge in [-0.15, -0.1) is 11.3 Å². The van der Waals surface area contributed by atoms with Crippen molar-refractivity contribution in [1.82, 2.24) is 10.3 Å². The molecule has 0 amide bonds. The van der Waals surface area contributed by atoms with E-state index in [2.05, 4.69) is 53.8 Å². The van der Waals surface area contributed by atoms with Gasteiger partial charge in [0.1, 0.15) is 0 Å². The van der Waals surface area contributed by atoms with E-state index in [0.717, 1.165) is 18.7 Å². The Morgan fingerprint density at radius 3 is 2.19 bits per heavy atom. The van der Waals surface area contributed by atoms with Crippen molar-refractivity contribution in [2.45, 2.75) is 79.4 Å². The van der Waals surface area contributed by atoms with Crippen LogP contribution < -0.4 is 5.32 Å². The lowest BCUT2D eigenvalue weighted by atomic mass is 9.87. The minimum atomic E-state index is -0.255. The first-order valence-electron chi connectivity index (χ1n) is 7.81. The van der Waals surface area contributed by atoms with Gasteiger partial charge in [0.2, 0.25) is 0 Å². The van der Waals surface area contributed by atoms with Gasteiger partial charge in [-0.25, -0.2) is 4.98 Å². The van der Waals surface area contributed by atoms with Crippen molar-refractivity contribution in [1.29, 1.82) is 0 Å². The lowest BCUT2D eigenvalue weighted by Gasteiger charge is -2.28. The number of aromatic nitrogens is 1. The Kier molecular flexibility index (Phi) is 5.99. The summed E-state index contributed by atoms with van der Waals surface area (Å²) in [4.78, 5) is 6.06. The molecule has 21 heavy (non-hydrogen) atoms. The van der Waals surface area contributed by atoms with Gasteiger partial charge in [0.05, 0.1) is 16.8 Å². The number of hydrogen-bond acceptors (Lipinski definition) is 4. The molecule has 0 bridgehead atoms. The Hall–Kier alpha value is -0.450. The number of hydrogen-bond donors (Lipinski definition) is 2. The van der Waals surface area contributed by atoms with E-state index in [1.807, 2.05) is 18.3 Å². The maximum atomic E-state index is 9.57. The van der Waals surface area contributed by atoms with E-state index in [1.54, 1.807) is 0 Å². The van der Waals surface area contributed by atoms with E-state index < -0.39 is 0 Å². The molecule has 1 heterocycles. The quantitative estimate of drug-likeness (QED) is 0.827. The molecule has 2 N–H and O–H groups in total. The molecule has 0 aliphatic carbocycles. The topological polar surface area (TPSA) is 45.2 Å². The van der Waals surface area contributed by atoms with Crippen molar-refractivity contribution in [2.75, 3.05) is 6.54 Å². The SMILES string of the molecule is Cc1nc(C(C)(C)C)sc1C(C)NCC(C)(C)CC(C)O. The molecular weight excluding hydrogens is 280 g/mol. The van der Waals surface area contributed by atoms with Crippen LogP contribution in [0.15, 0.2) is 0 Å². The molecule has 0 aromatic carbocycles. The largest absolute Gasteiger partial charge is 0.393 e. The minimum Gasteiger partial charge on any atom is -0.393 e. The van der Waals surface area contributed by atoms with E-state index in [4.69, 9.17) is 4.98 Å².